The van der Waals surface area contributed by atoms with E-state index in [9.17, 15) is 4.79 Å². The van der Waals surface area contributed by atoms with Gasteiger partial charge in [-0.15, -0.1) is 0 Å². The highest BCUT2D eigenvalue weighted by Gasteiger charge is 2.29. The summed E-state index contributed by atoms with van der Waals surface area (Å²) in [5, 5.41) is 0. The van der Waals surface area contributed by atoms with Gasteiger partial charge in [0.25, 0.3) is 0 Å². The van der Waals surface area contributed by atoms with Crippen molar-refractivity contribution in [3.05, 3.63) is 0 Å². The van der Waals surface area contributed by atoms with E-state index in [1.807, 2.05) is 0 Å². The Bertz CT molecular complexity index is 225. The van der Waals surface area contributed by atoms with Gasteiger partial charge in [0.1, 0.15) is 0 Å². The normalized spacial score (nSPS) is 23.3. The minimum Gasteiger partial charge on any atom is -0.463 e. The van der Waals surface area contributed by atoms with Crippen LogP contribution >= 0.6 is 0 Å². The van der Waals surface area contributed by atoms with Crippen LogP contribution in [0.3, 0.4) is 0 Å². The first kappa shape index (κ1) is 9.98. The molecule has 13 heavy (non-hydrogen) atoms. The molecule has 0 aromatic heterocycles. The molecule has 0 amide bonds. The molecule has 74 valence electrons. The fraction of sp³-hybridized carbons (Fsp3) is 0.750. The number of esters is 1. The maximum atomic E-state index is 11.2. The average molecular weight is 186 g/mol. The molecular formula is C8H14N2O3. The van der Waals surface area contributed by atoms with Gasteiger partial charge in [0.15, 0.2) is 0 Å². The molecule has 0 aromatic rings. The van der Waals surface area contributed by atoms with E-state index in [4.69, 9.17) is 15.2 Å². The van der Waals surface area contributed by atoms with Crippen LogP contribution in [0.15, 0.2) is 4.99 Å². The first-order chi connectivity index (χ1) is 6.15. The van der Waals surface area contributed by atoms with Crippen LogP contribution in [0.5, 0.6) is 0 Å². The Balaban J connectivity index is 2.41. The number of nitrogens with zero attached hydrogens (tertiary/aromatic N) is 1. The number of carbonyl (C=O) groups excluding carboxylic acids is 1. The summed E-state index contributed by atoms with van der Waals surface area (Å²) in [6.45, 7) is 4.18. The number of nitrogens with two attached hydrogens (primary N) is 1. The number of hydrogen-bond acceptors (Lipinski definition) is 5. The standard InChI is InChI=1S/C8H14N2O3/c1-3-12-8(11)6-4-10-7(13-6)5(2)9/h5-6H,3-4,9H2,1-2H3/t5-,6+/m1/s1. The Labute approximate surface area is 76.9 Å². The number of aliphatic imine (C=N–C) groups is 1. The lowest BCUT2D eigenvalue weighted by Crippen LogP contribution is -2.32. The molecule has 0 spiro atoms. The van der Waals surface area contributed by atoms with E-state index >= 15 is 0 Å². The monoisotopic (exact) mass is 186 g/mol. The fourth-order valence-corrected chi connectivity index (χ4v) is 1.00. The maximum Gasteiger partial charge on any atom is 0.349 e. The van der Waals surface area contributed by atoms with Crippen molar-refractivity contribution in [3.63, 3.8) is 0 Å². The van der Waals surface area contributed by atoms with E-state index in [1.165, 1.54) is 0 Å². The molecule has 5 nitrogen and oxygen atoms in total. The summed E-state index contributed by atoms with van der Waals surface area (Å²) in [5.74, 6) is 0.0555. The lowest BCUT2D eigenvalue weighted by molar-refractivity contribution is -0.150. The first-order valence-corrected chi connectivity index (χ1v) is 4.28. The molecule has 1 rings (SSSR count). The molecule has 0 unspecified atom stereocenters. The van der Waals surface area contributed by atoms with Crippen molar-refractivity contribution in [2.24, 2.45) is 10.7 Å². The molecule has 0 aromatic carbocycles. The third-order valence-corrected chi connectivity index (χ3v) is 1.61. The second kappa shape index (κ2) is 4.23. The molecule has 1 aliphatic rings. The highest BCUT2D eigenvalue weighted by atomic mass is 16.6. The third-order valence-electron chi connectivity index (χ3n) is 1.61. The van der Waals surface area contributed by atoms with Gasteiger partial charge in [0.05, 0.1) is 19.2 Å². The van der Waals surface area contributed by atoms with Crippen molar-refractivity contribution in [2.75, 3.05) is 13.2 Å². The molecule has 5 heteroatoms. The highest BCUT2D eigenvalue weighted by molar-refractivity contribution is 5.87. The van der Waals surface area contributed by atoms with Crippen LogP contribution in [0.4, 0.5) is 0 Å². The molecule has 0 saturated carbocycles. The summed E-state index contributed by atoms with van der Waals surface area (Å²) in [6.07, 6.45) is -0.596. The van der Waals surface area contributed by atoms with Gasteiger partial charge in [-0.3, -0.25) is 0 Å². The predicted octanol–water partition coefficient (Wildman–Crippen LogP) is -0.306. The topological polar surface area (TPSA) is 73.9 Å². The lowest BCUT2D eigenvalue weighted by atomic mass is 10.4. The van der Waals surface area contributed by atoms with E-state index in [0.717, 1.165) is 0 Å². The van der Waals surface area contributed by atoms with E-state index in [2.05, 4.69) is 4.99 Å². The summed E-state index contributed by atoms with van der Waals surface area (Å²) in [7, 11) is 0. The minimum absolute atomic E-state index is 0.264. The zero-order valence-corrected chi connectivity index (χ0v) is 7.82. The molecule has 1 heterocycles. The first-order valence-electron chi connectivity index (χ1n) is 4.28. The molecule has 0 saturated heterocycles. The molecule has 0 aliphatic carbocycles. The molecule has 1 aliphatic heterocycles. The minimum atomic E-state index is -0.596. The van der Waals surface area contributed by atoms with Gasteiger partial charge < -0.3 is 15.2 Å². The summed E-state index contributed by atoms with van der Waals surface area (Å²) < 4.78 is 9.96. The lowest BCUT2D eigenvalue weighted by Gasteiger charge is -2.11. The second-order valence-electron chi connectivity index (χ2n) is 2.83. The zero-order chi connectivity index (χ0) is 9.84. The van der Waals surface area contributed by atoms with Crippen LogP contribution in [-0.4, -0.2) is 37.2 Å². The van der Waals surface area contributed by atoms with Crippen LogP contribution in [-0.2, 0) is 14.3 Å². The van der Waals surface area contributed by atoms with E-state index in [-0.39, 0.29) is 12.0 Å². The maximum absolute atomic E-state index is 11.2. The van der Waals surface area contributed by atoms with Crippen LogP contribution in [0, 0.1) is 0 Å². The van der Waals surface area contributed by atoms with E-state index in [1.54, 1.807) is 13.8 Å². The predicted molar refractivity (Wildman–Crippen MR) is 47.5 cm³/mol. The highest BCUT2D eigenvalue weighted by Crippen LogP contribution is 2.08. The molecule has 2 N–H and O–H groups in total. The molecule has 0 fully saturated rings. The van der Waals surface area contributed by atoms with Crippen LogP contribution in [0.2, 0.25) is 0 Å². The number of rotatable bonds is 3. The third kappa shape index (κ3) is 2.42. The SMILES string of the molecule is CCOC(=O)[C@@H]1CN=C([C@@H](C)N)O1. The Morgan fingerprint density at radius 1 is 1.92 bits per heavy atom. The van der Waals surface area contributed by atoms with E-state index in [0.29, 0.717) is 19.0 Å². The summed E-state index contributed by atoms with van der Waals surface area (Å²) >= 11 is 0. The van der Waals surface area contributed by atoms with Crippen molar-refractivity contribution < 1.29 is 14.3 Å². The van der Waals surface area contributed by atoms with Crippen molar-refractivity contribution in [1.29, 1.82) is 0 Å². The molecule has 0 bridgehead atoms. The number of ether oxygens (including phenoxy) is 2. The summed E-state index contributed by atoms with van der Waals surface area (Å²) in [4.78, 5) is 15.1. The van der Waals surface area contributed by atoms with Crippen molar-refractivity contribution in [2.45, 2.75) is 26.0 Å². The van der Waals surface area contributed by atoms with E-state index < -0.39 is 6.10 Å². The van der Waals surface area contributed by atoms with Crippen LogP contribution in [0.1, 0.15) is 13.8 Å². The van der Waals surface area contributed by atoms with Gasteiger partial charge in [-0.25, -0.2) is 9.79 Å². The number of carbonyl (C=O) groups is 1. The van der Waals surface area contributed by atoms with Gasteiger partial charge in [0.2, 0.25) is 12.0 Å². The molecule has 2 atom stereocenters. The van der Waals surface area contributed by atoms with Gasteiger partial charge in [-0.1, -0.05) is 0 Å². The molecular weight excluding hydrogens is 172 g/mol. The second-order valence-corrected chi connectivity index (χ2v) is 2.83. The van der Waals surface area contributed by atoms with Gasteiger partial charge >= 0.3 is 5.97 Å². The largest absolute Gasteiger partial charge is 0.463 e. The summed E-state index contributed by atoms with van der Waals surface area (Å²) in [5.41, 5.74) is 5.53. The Hall–Kier alpha value is -1.10. The van der Waals surface area contributed by atoms with Crippen molar-refractivity contribution in [1.82, 2.24) is 0 Å². The van der Waals surface area contributed by atoms with Crippen molar-refractivity contribution >= 4 is 11.9 Å². The Morgan fingerprint density at radius 3 is 3.08 bits per heavy atom. The van der Waals surface area contributed by atoms with Crippen LogP contribution in [0.25, 0.3) is 0 Å². The van der Waals surface area contributed by atoms with Gasteiger partial charge in [-0.2, -0.15) is 0 Å². The van der Waals surface area contributed by atoms with Crippen LogP contribution < -0.4 is 5.73 Å². The smallest absolute Gasteiger partial charge is 0.349 e. The van der Waals surface area contributed by atoms with Gasteiger partial charge in [0, 0.05) is 0 Å². The average Bonchev–Trinajstić information content (AvgIpc) is 2.52. The number of hydrogen-bond donors (Lipinski definition) is 1. The summed E-state index contributed by atoms with van der Waals surface area (Å²) in [6, 6.07) is -0.264. The fourth-order valence-electron chi connectivity index (χ4n) is 1.00. The molecule has 0 radical (unpaired) electrons. The Morgan fingerprint density at radius 2 is 2.62 bits per heavy atom. The van der Waals surface area contributed by atoms with Gasteiger partial charge in [-0.05, 0) is 13.8 Å². The van der Waals surface area contributed by atoms with Crippen molar-refractivity contribution in [3.8, 4) is 0 Å². The Kier molecular flexibility index (Phi) is 3.25. The zero-order valence-electron chi connectivity index (χ0n) is 7.82. The quantitative estimate of drug-likeness (QED) is 0.614.